The Kier molecular flexibility index (Phi) is 5.05. The van der Waals surface area contributed by atoms with Gasteiger partial charge in [0, 0.05) is 11.6 Å². The van der Waals surface area contributed by atoms with Gasteiger partial charge in [-0.15, -0.1) is 0 Å². The number of ether oxygens (including phenoxy) is 1. The maximum Gasteiger partial charge on any atom is 0.127 e. The Balaban J connectivity index is 1.77. The Labute approximate surface area is 115 Å². The molecular formula is C15H24N2O2. The van der Waals surface area contributed by atoms with E-state index in [4.69, 9.17) is 4.74 Å². The second-order valence-electron chi connectivity index (χ2n) is 4.92. The molecule has 1 aromatic carbocycles. The summed E-state index contributed by atoms with van der Waals surface area (Å²) in [5, 5.41) is 12.9. The van der Waals surface area contributed by atoms with Crippen LogP contribution in [0.4, 0.5) is 0 Å². The van der Waals surface area contributed by atoms with E-state index >= 15 is 0 Å². The summed E-state index contributed by atoms with van der Waals surface area (Å²) in [6.45, 7) is 9.41. The fraction of sp³-hybridized carbons (Fsp3) is 0.600. The van der Waals surface area contributed by atoms with Gasteiger partial charge >= 0.3 is 0 Å². The van der Waals surface area contributed by atoms with Gasteiger partial charge in [0.1, 0.15) is 18.1 Å². The van der Waals surface area contributed by atoms with Crippen molar-refractivity contribution in [2.24, 2.45) is 0 Å². The smallest absolute Gasteiger partial charge is 0.127 e. The van der Waals surface area contributed by atoms with Gasteiger partial charge in [0.05, 0.1) is 6.04 Å². The number of phenols is 1. The molecule has 1 aliphatic heterocycles. The Bertz CT molecular complexity index is 405. The van der Waals surface area contributed by atoms with Crippen LogP contribution in [0.5, 0.6) is 11.5 Å². The molecule has 0 saturated heterocycles. The van der Waals surface area contributed by atoms with Gasteiger partial charge in [-0.2, -0.15) is 0 Å². The van der Waals surface area contributed by atoms with Crippen molar-refractivity contribution in [3.8, 4) is 11.5 Å². The molecule has 0 spiro atoms. The van der Waals surface area contributed by atoms with Crippen molar-refractivity contribution < 1.29 is 9.84 Å². The van der Waals surface area contributed by atoms with Gasteiger partial charge in [-0.05, 0) is 44.7 Å². The van der Waals surface area contributed by atoms with Crippen LogP contribution in [0.25, 0.3) is 0 Å². The maximum absolute atomic E-state index is 9.41. The van der Waals surface area contributed by atoms with Gasteiger partial charge in [-0.3, -0.25) is 0 Å². The van der Waals surface area contributed by atoms with Crippen LogP contribution >= 0.6 is 0 Å². The molecule has 4 nitrogen and oxygen atoms in total. The normalized spacial score (nSPS) is 17.5. The Morgan fingerprint density at radius 1 is 1.37 bits per heavy atom. The number of rotatable bonds is 7. The van der Waals surface area contributed by atoms with Crippen LogP contribution in [0, 0.1) is 0 Å². The topological polar surface area (TPSA) is 44.7 Å². The fourth-order valence-electron chi connectivity index (χ4n) is 2.49. The van der Waals surface area contributed by atoms with Crippen molar-refractivity contribution in [2.75, 3.05) is 32.8 Å². The van der Waals surface area contributed by atoms with E-state index in [1.54, 1.807) is 12.1 Å². The van der Waals surface area contributed by atoms with Gasteiger partial charge in [-0.1, -0.05) is 13.8 Å². The molecule has 1 atom stereocenters. The number of nitrogens with zero attached hydrogens (tertiary/aromatic N) is 1. The highest BCUT2D eigenvalue weighted by atomic mass is 16.5. The van der Waals surface area contributed by atoms with Gasteiger partial charge in [-0.25, -0.2) is 0 Å². The van der Waals surface area contributed by atoms with Crippen LogP contribution in [-0.2, 0) is 0 Å². The van der Waals surface area contributed by atoms with Gasteiger partial charge in [0.2, 0.25) is 0 Å². The second kappa shape index (κ2) is 6.78. The summed E-state index contributed by atoms with van der Waals surface area (Å²) >= 11 is 0. The third-order valence-corrected chi connectivity index (χ3v) is 3.71. The average molecular weight is 264 g/mol. The Hall–Kier alpha value is -1.26. The standard InChI is InChI=1S/C15H24N2O2/c1-3-17(4-2)9-5-8-16-14-11-19-15-10-12(18)6-7-13(14)15/h6-7,10,14,16,18H,3-5,8-9,11H2,1-2H3. The summed E-state index contributed by atoms with van der Waals surface area (Å²) in [7, 11) is 0. The zero-order chi connectivity index (χ0) is 13.7. The molecule has 0 fully saturated rings. The summed E-state index contributed by atoms with van der Waals surface area (Å²) in [6, 6.07) is 5.61. The summed E-state index contributed by atoms with van der Waals surface area (Å²) < 4.78 is 5.58. The molecule has 19 heavy (non-hydrogen) atoms. The molecule has 2 N–H and O–H groups in total. The maximum atomic E-state index is 9.41. The minimum atomic E-state index is 0.257. The number of phenolic OH excluding ortho intramolecular Hbond substituents is 1. The first-order valence-corrected chi connectivity index (χ1v) is 7.16. The average Bonchev–Trinajstić information content (AvgIpc) is 2.81. The van der Waals surface area contributed by atoms with Crippen LogP contribution in [0.3, 0.4) is 0 Å². The molecule has 1 aromatic rings. The highest BCUT2D eigenvalue weighted by Gasteiger charge is 2.23. The van der Waals surface area contributed by atoms with Crippen LogP contribution in [0.15, 0.2) is 18.2 Å². The molecule has 2 rings (SSSR count). The molecule has 0 bridgehead atoms. The molecule has 0 radical (unpaired) electrons. The van der Waals surface area contributed by atoms with Crippen molar-refractivity contribution >= 4 is 0 Å². The van der Waals surface area contributed by atoms with Crippen LogP contribution in [0.1, 0.15) is 31.9 Å². The minimum Gasteiger partial charge on any atom is -0.508 e. The third kappa shape index (κ3) is 3.61. The lowest BCUT2D eigenvalue weighted by Gasteiger charge is -2.18. The van der Waals surface area contributed by atoms with E-state index in [-0.39, 0.29) is 11.8 Å². The van der Waals surface area contributed by atoms with Crippen LogP contribution < -0.4 is 10.1 Å². The second-order valence-corrected chi connectivity index (χ2v) is 4.92. The first-order valence-electron chi connectivity index (χ1n) is 7.16. The van der Waals surface area contributed by atoms with E-state index in [1.165, 1.54) is 0 Å². The van der Waals surface area contributed by atoms with Gasteiger partial charge in [0.25, 0.3) is 0 Å². The number of hydrogen-bond acceptors (Lipinski definition) is 4. The molecule has 0 saturated carbocycles. The van der Waals surface area contributed by atoms with Crippen molar-refractivity contribution in [1.29, 1.82) is 0 Å². The lowest BCUT2D eigenvalue weighted by molar-refractivity contribution is 0.285. The SMILES string of the molecule is CCN(CC)CCCNC1COc2cc(O)ccc21. The van der Waals surface area contributed by atoms with Crippen LogP contribution in [0.2, 0.25) is 0 Å². The summed E-state index contributed by atoms with van der Waals surface area (Å²) in [4.78, 5) is 2.43. The molecular weight excluding hydrogens is 240 g/mol. The highest BCUT2D eigenvalue weighted by Crippen LogP contribution is 2.34. The third-order valence-electron chi connectivity index (χ3n) is 3.71. The largest absolute Gasteiger partial charge is 0.508 e. The monoisotopic (exact) mass is 264 g/mol. The van der Waals surface area contributed by atoms with E-state index in [0.29, 0.717) is 6.61 Å². The molecule has 106 valence electrons. The van der Waals surface area contributed by atoms with Crippen LogP contribution in [-0.4, -0.2) is 42.8 Å². The van der Waals surface area contributed by atoms with Gasteiger partial charge < -0.3 is 20.1 Å². The van der Waals surface area contributed by atoms with E-state index in [0.717, 1.165) is 43.9 Å². The predicted molar refractivity (Wildman–Crippen MR) is 76.8 cm³/mol. The fourth-order valence-corrected chi connectivity index (χ4v) is 2.49. The predicted octanol–water partition coefficient (Wildman–Crippen LogP) is 2.15. The number of benzene rings is 1. The Morgan fingerprint density at radius 3 is 2.89 bits per heavy atom. The lowest BCUT2D eigenvalue weighted by Crippen LogP contribution is -2.29. The summed E-state index contributed by atoms with van der Waals surface area (Å²) in [5.74, 6) is 1.07. The summed E-state index contributed by atoms with van der Waals surface area (Å²) in [5.41, 5.74) is 1.15. The van der Waals surface area contributed by atoms with E-state index in [1.807, 2.05) is 6.07 Å². The lowest BCUT2D eigenvalue weighted by atomic mass is 10.1. The zero-order valence-electron chi connectivity index (χ0n) is 11.9. The van der Waals surface area contributed by atoms with E-state index in [2.05, 4.69) is 24.1 Å². The Morgan fingerprint density at radius 2 is 2.16 bits per heavy atom. The molecule has 0 amide bonds. The van der Waals surface area contributed by atoms with Crippen molar-refractivity contribution in [2.45, 2.75) is 26.3 Å². The minimum absolute atomic E-state index is 0.257. The van der Waals surface area contributed by atoms with E-state index < -0.39 is 0 Å². The number of nitrogens with one attached hydrogen (secondary N) is 1. The number of fused-ring (bicyclic) bond motifs is 1. The first-order chi connectivity index (χ1) is 9.24. The molecule has 4 heteroatoms. The highest BCUT2D eigenvalue weighted by molar-refractivity contribution is 5.44. The number of aromatic hydroxyl groups is 1. The summed E-state index contributed by atoms with van der Waals surface area (Å²) in [6.07, 6.45) is 1.14. The quantitative estimate of drug-likeness (QED) is 0.741. The molecule has 1 heterocycles. The van der Waals surface area contributed by atoms with Crippen molar-refractivity contribution in [3.05, 3.63) is 23.8 Å². The van der Waals surface area contributed by atoms with Crippen molar-refractivity contribution in [3.63, 3.8) is 0 Å². The van der Waals surface area contributed by atoms with Crippen molar-refractivity contribution in [1.82, 2.24) is 10.2 Å². The molecule has 0 aliphatic carbocycles. The molecule has 1 aliphatic rings. The first kappa shape index (κ1) is 14.2. The van der Waals surface area contributed by atoms with E-state index in [9.17, 15) is 5.11 Å². The zero-order valence-corrected chi connectivity index (χ0v) is 11.9. The molecule has 0 aromatic heterocycles. The number of hydrogen-bond donors (Lipinski definition) is 2. The molecule has 1 unspecified atom stereocenters. The van der Waals surface area contributed by atoms with Gasteiger partial charge in [0.15, 0.2) is 0 Å².